The lowest BCUT2D eigenvalue weighted by Crippen LogP contribution is -2.11. The van der Waals surface area contributed by atoms with Crippen molar-refractivity contribution in [1.82, 2.24) is 0 Å². The number of rotatable bonds is 6. The Balaban J connectivity index is 2.07. The van der Waals surface area contributed by atoms with Crippen LogP contribution in [0.4, 0.5) is 17.1 Å². The van der Waals surface area contributed by atoms with E-state index in [9.17, 15) is 39.5 Å². The van der Waals surface area contributed by atoms with Crippen molar-refractivity contribution in [2.24, 2.45) is 10.2 Å². The van der Waals surface area contributed by atoms with E-state index >= 15 is 0 Å². The van der Waals surface area contributed by atoms with Crippen LogP contribution >= 0.6 is 0 Å². The van der Waals surface area contributed by atoms with E-state index in [2.05, 4.69) is 10.2 Å². The molecule has 188 valence electrons. The molecule has 0 amide bonds. The Bertz CT molecular complexity index is 1900. The first-order valence-electron chi connectivity index (χ1n) is 9.81. The summed E-state index contributed by atoms with van der Waals surface area (Å²) in [7, 11) is -14.0. The summed E-state index contributed by atoms with van der Waals surface area (Å²) in [5.41, 5.74) is -0.928. The number of hydrogen-bond acceptors (Lipinski definition) is 9. The number of nitrogens with one attached hydrogen (secondary N) is 1. The molecule has 0 saturated heterocycles. The highest BCUT2D eigenvalue weighted by molar-refractivity contribution is 7.92. The molecule has 36 heavy (non-hydrogen) atoms. The number of aromatic hydroxyl groups is 1. The highest BCUT2D eigenvalue weighted by atomic mass is 32.2. The maximum absolute atomic E-state index is 12.1. The number of sulfonamides is 1. The lowest BCUT2D eigenvalue weighted by Gasteiger charge is -2.14. The number of phenolic OH excluding ortho intramolecular Hbond substituents is 1. The number of phenols is 1. The number of benzene rings is 4. The van der Waals surface area contributed by atoms with Gasteiger partial charge in [0.25, 0.3) is 20.2 Å². The summed E-state index contributed by atoms with van der Waals surface area (Å²) in [6, 6.07) is 14.4. The van der Waals surface area contributed by atoms with Crippen LogP contribution in [0.15, 0.2) is 80.7 Å². The second-order valence-electron chi connectivity index (χ2n) is 7.66. The average molecular weight is 552 g/mol. The highest BCUT2D eigenvalue weighted by Gasteiger charge is 2.26. The van der Waals surface area contributed by atoms with Gasteiger partial charge in [0.2, 0.25) is 10.0 Å². The molecule has 0 spiro atoms. The van der Waals surface area contributed by atoms with Crippen LogP contribution in [0, 0.1) is 0 Å². The molecule has 4 aromatic carbocycles. The fraction of sp³-hybridized carbons (Fsp3) is 0.0476. The molecule has 0 aliphatic carbocycles. The Morgan fingerprint density at radius 3 is 2.08 bits per heavy atom. The minimum absolute atomic E-state index is 0.296. The van der Waals surface area contributed by atoms with Crippen molar-refractivity contribution in [3.8, 4) is 5.75 Å². The van der Waals surface area contributed by atoms with Crippen LogP contribution in [-0.2, 0) is 30.3 Å². The van der Waals surface area contributed by atoms with Gasteiger partial charge in [-0.2, -0.15) is 16.8 Å². The molecule has 0 aliphatic heterocycles. The minimum atomic E-state index is -5.05. The first-order valence-corrected chi connectivity index (χ1v) is 14.6. The number of nitrogens with zero attached hydrogens (tertiary/aromatic N) is 2. The summed E-state index contributed by atoms with van der Waals surface area (Å²) in [6.45, 7) is 0. The lowest BCUT2D eigenvalue weighted by molar-refractivity contribution is 0.472. The maximum Gasteiger partial charge on any atom is 0.296 e. The van der Waals surface area contributed by atoms with Crippen molar-refractivity contribution >= 4 is 68.9 Å². The third-order valence-corrected chi connectivity index (χ3v) is 7.31. The molecular weight excluding hydrogens is 534 g/mol. The molecule has 0 bridgehead atoms. The van der Waals surface area contributed by atoms with Crippen molar-refractivity contribution in [3.05, 3.63) is 60.7 Å². The van der Waals surface area contributed by atoms with Gasteiger partial charge in [0.05, 0.1) is 27.9 Å². The third kappa shape index (κ3) is 5.14. The van der Waals surface area contributed by atoms with Crippen LogP contribution in [-0.4, -0.2) is 45.7 Å². The van der Waals surface area contributed by atoms with Crippen molar-refractivity contribution in [2.75, 3.05) is 11.0 Å². The highest BCUT2D eigenvalue weighted by Crippen LogP contribution is 2.45. The predicted molar refractivity (Wildman–Crippen MR) is 132 cm³/mol. The number of hydrogen-bond donors (Lipinski definition) is 4. The normalized spacial score (nSPS) is 13.0. The zero-order chi connectivity index (χ0) is 26.5. The molecule has 4 rings (SSSR count). The van der Waals surface area contributed by atoms with E-state index in [1.54, 1.807) is 42.5 Å². The van der Waals surface area contributed by atoms with E-state index in [4.69, 9.17) is 0 Å². The molecule has 0 saturated carbocycles. The number of azo groups is 1. The summed E-state index contributed by atoms with van der Waals surface area (Å²) in [5.74, 6) is -0.919. The Hall–Kier alpha value is -3.63. The van der Waals surface area contributed by atoms with Crippen molar-refractivity contribution in [3.63, 3.8) is 0 Å². The van der Waals surface area contributed by atoms with Crippen LogP contribution < -0.4 is 4.72 Å². The minimum Gasteiger partial charge on any atom is -0.505 e. The fourth-order valence-electron chi connectivity index (χ4n) is 3.58. The lowest BCUT2D eigenvalue weighted by atomic mass is 10.1. The van der Waals surface area contributed by atoms with Crippen LogP contribution in [0.2, 0.25) is 0 Å². The van der Waals surface area contributed by atoms with Gasteiger partial charge in [-0.25, -0.2) is 8.42 Å². The molecule has 4 N–H and O–H groups in total. The van der Waals surface area contributed by atoms with Gasteiger partial charge in [0, 0.05) is 5.39 Å². The van der Waals surface area contributed by atoms with E-state index in [1.807, 2.05) is 4.72 Å². The van der Waals surface area contributed by atoms with Crippen LogP contribution in [0.25, 0.3) is 21.5 Å². The molecule has 4 aromatic rings. The summed E-state index contributed by atoms with van der Waals surface area (Å²) in [6.07, 6.45) is 0.754. The summed E-state index contributed by atoms with van der Waals surface area (Å²) < 4.78 is 92.7. The topological polar surface area (TPSA) is 200 Å². The average Bonchev–Trinajstić information content (AvgIpc) is 2.75. The first kappa shape index (κ1) is 25.5. The van der Waals surface area contributed by atoms with E-state index in [0.717, 1.165) is 29.8 Å². The number of anilines is 1. The Kier molecular flexibility index (Phi) is 6.22. The second kappa shape index (κ2) is 8.79. The monoisotopic (exact) mass is 551 g/mol. The van der Waals surface area contributed by atoms with Crippen molar-refractivity contribution < 1.29 is 39.5 Å². The van der Waals surface area contributed by atoms with Gasteiger partial charge in [0.1, 0.15) is 10.6 Å². The molecule has 0 fully saturated rings. The van der Waals surface area contributed by atoms with Gasteiger partial charge in [-0.3, -0.25) is 13.8 Å². The molecule has 0 aromatic heterocycles. The van der Waals surface area contributed by atoms with Gasteiger partial charge in [-0.15, -0.1) is 10.2 Å². The predicted octanol–water partition coefficient (Wildman–Crippen LogP) is 3.98. The van der Waals surface area contributed by atoms with E-state index in [1.165, 1.54) is 0 Å². The van der Waals surface area contributed by atoms with E-state index < -0.39 is 57.2 Å². The Morgan fingerprint density at radius 1 is 0.778 bits per heavy atom. The third-order valence-electron chi connectivity index (χ3n) is 5.02. The molecule has 0 heterocycles. The quantitative estimate of drug-likeness (QED) is 0.202. The molecule has 15 heteroatoms. The Labute approximate surface area is 205 Å². The van der Waals surface area contributed by atoms with Gasteiger partial charge >= 0.3 is 0 Å². The molecule has 0 radical (unpaired) electrons. The smallest absolute Gasteiger partial charge is 0.296 e. The van der Waals surface area contributed by atoms with Gasteiger partial charge in [-0.05, 0) is 35.0 Å². The molecular formula is C21H17N3O9S3. The molecule has 12 nitrogen and oxygen atoms in total. The van der Waals surface area contributed by atoms with Crippen LogP contribution in [0.5, 0.6) is 5.75 Å². The largest absolute Gasteiger partial charge is 0.505 e. The fourth-order valence-corrected chi connectivity index (χ4v) is 5.34. The molecule has 0 atom stereocenters. The molecule has 0 aliphatic rings. The van der Waals surface area contributed by atoms with Crippen LogP contribution in [0.1, 0.15) is 0 Å². The SMILES string of the molecule is CS(=O)(=O)Nc1cc(S(=O)(=O)O)cc2cc(S(=O)(=O)O)c(N=Nc3cccc4ccccc34)c(O)c12. The summed E-state index contributed by atoms with van der Waals surface area (Å²) in [5, 5.41) is 19.6. The molecule has 0 unspecified atom stereocenters. The zero-order valence-corrected chi connectivity index (χ0v) is 20.6. The van der Waals surface area contributed by atoms with Gasteiger partial charge < -0.3 is 5.11 Å². The van der Waals surface area contributed by atoms with Crippen LogP contribution in [0.3, 0.4) is 0 Å². The summed E-state index contributed by atoms with van der Waals surface area (Å²) in [4.78, 5) is -1.73. The standard InChI is InChI=1S/C21H17N3O9S3/c1-34(26,27)24-17-11-14(35(28,29)30)9-13-10-18(36(31,32)33)20(21(25)19(13)17)23-22-16-8-4-6-12-5-2-3-7-15(12)16/h2-11,24-25H,1H3,(H,28,29,30)(H,31,32,33). The van der Waals surface area contributed by atoms with Gasteiger partial charge in [-0.1, -0.05) is 36.4 Å². The zero-order valence-electron chi connectivity index (χ0n) is 18.2. The number of fused-ring (bicyclic) bond motifs is 2. The Morgan fingerprint density at radius 2 is 1.44 bits per heavy atom. The van der Waals surface area contributed by atoms with Crippen molar-refractivity contribution in [1.29, 1.82) is 0 Å². The van der Waals surface area contributed by atoms with Gasteiger partial charge in [0.15, 0.2) is 5.75 Å². The summed E-state index contributed by atoms with van der Waals surface area (Å²) >= 11 is 0. The maximum atomic E-state index is 12.1. The van der Waals surface area contributed by atoms with Crippen molar-refractivity contribution in [2.45, 2.75) is 9.79 Å². The first-order chi connectivity index (χ1) is 16.6. The second-order valence-corrected chi connectivity index (χ2v) is 12.2. The van der Waals surface area contributed by atoms with E-state index in [0.29, 0.717) is 11.1 Å². The van der Waals surface area contributed by atoms with E-state index in [-0.39, 0.29) is 10.8 Å².